The number of carboxylic acid groups (broad SMARTS) is 1. The average molecular weight is 343 g/mol. The molecular weight excluding hydrogens is 325 g/mol. The maximum atomic E-state index is 13.3. The zero-order chi connectivity index (χ0) is 18.0. The Morgan fingerprint density at radius 3 is 2.12 bits per heavy atom. The number of ether oxygens (including phenoxy) is 1. The van der Waals surface area contributed by atoms with Gasteiger partial charge in [0, 0.05) is 5.92 Å². The maximum Gasteiger partial charge on any atom is 0.407 e. The predicted octanol–water partition coefficient (Wildman–Crippen LogP) is 3.34. The van der Waals surface area contributed by atoms with Crippen LogP contribution in [-0.2, 0) is 9.53 Å². The standard InChI is InChI=1S/C19H18FNO4/c1-11(20)17(18(22)23)21-19(24)25-10-16-14-8-4-2-6-12(14)13-7-3-5-9-15(13)16/h2-9,11,16-17H,10H2,1H3,(H,21,24)(H,22,23)/t11-,17+/m1/s1. The fraction of sp³-hybridized carbons (Fsp3) is 0.263. The third kappa shape index (κ3) is 3.33. The lowest BCUT2D eigenvalue weighted by Gasteiger charge is -2.18. The van der Waals surface area contributed by atoms with E-state index in [4.69, 9.17) is 9.84 Å². The second kappa shape index (κ2) is 6.93. The molecule has 5 nitrogen and oxygen atoms in total. The Morgan fingerprint density at radius 2 is 1.64 bits per heavy atom. The smallest absolute Gasteiger partial charge is 0.407 e. The van der Waals surface area contributed by atoms with Gasteiger partial charge in [0.25, 0.3) is 0 Å². The number of carbonyl (C=O) groups is 2. The molecule has 0 spiro atoms. The van der Waals surface area contributed by atoms with Crippen LogP contribution in [0.15, 0.2) is 48.5 Å². The first-order valence-electron chi connectivity index (χ1n) is 7.97. The average Bonchev–Trinajstić information content (AvgIpc) is 2.91. The molecule has 0 radical (unpaired) electrons. The zero-order valence-corrected chi connectivity index (χ0v) is 13.6. The van der Waals surface area contributed by atoms with E-state index in [1.54, 1.807) is 0 Å². The highest BCUT2D eigenvalue weighted by atomic mass is 19.1. The zero-order valence-electron chi connectivity index (χ0n) is 13.6. The van der Waals surface area contributed by atoms with Crippen molar-refractivity contribution in [3.63, 3.8) is 0 Å². The Hall–Kier alpha value is -2.89. The molecule has 2 atom stereocenters. The Balaban J connectivity index is 1.73. The van der Waals surface area contributed by atoms with Crippen LogP contribution in [0.2, 0.25) is 0 Å². The predicted molar refractivity (Wildman–Crippen MR) is 90.2 cm³/mol. The summed E-state index contributed by atoms with van der Waals surface area (Å²) < 4.78 is 18.5. The Bertz CT molecular complexity index is 760. The van der Waals surface area contributed by atoms with Crippen molar-refractivity contribution in [2.45, 2.75) is 25.1 Å². The van der Waals surface area contributed by atoms with Crippen LogP contribution in [0.3, 0.4) is 0 Å². The minimum Gasteiger partial charge on any atom is -0.480 e. The van der Waals surface area contributed by atoms with Crippen LogP contribution in [0.1, 0.15) is 24.0 Å². The molecule has 3 rings (SSSR count). The number of benzene rings is 2. The first-order chi connectivity index (χ1) is 12.0. The summed E-state index contributed by atoms with van der Waals surface area (Å²) in [4.78, 5) is 22.8. The number of rotatable bonds is 5. The highest BCUT2D eigenvalue weighted by Crippen LogP contribution is 2.44. The van der Waals surface area contributed by atoms with Gasteiger partial charge in [-0.3, -0.25) is 0 Å². The van der Waals surface area contributed by atoms with Crippen molar-refractivity contribution >= 4 is 12.1 Å². The number of carbonyl (C=O) groups excluding carboxylic acids is 1. The van der Waals surface area contributed by atoms with Crippen molar-refractivity contribution in [2.24, 2.45) is 0 Å². The summed E-state index contributed by atoms with van der Waals surface area (Å²) in [6, 6.07) is 14.1. The van der Waals surface area contributed by atoms with E-state index >= 15 is 0 Å². The summed E-state index contributed by atoms with van der Waals surface area (Å²) in [5, 5.41) is 11.0. The second-order valence-electron chi connectivity index (χ2n) is 5.96. The molecule has 1 amide bonds. The van der Waals surface area contributed by atoms with Crippen molar-refractivity contribution in [1.29, 1.82) is 0 Å². The van der Waals surface area contributed by atoms with Gasteiger partial charge in [0.1, 0.15) is 12.8 Å². The minimum atomic E-state index is -1.72. The van der Waals surface area contributed by atoms with Gasteiger partial charge in [-0.25, -0.2) is 14.0 Å². The van der Waals surface area contributed by atoms with E-state index in [0.29, 0.717) is 0 Å². The maximum absolute atomic E-state index is 13.3. The Labute approximate surface area is 144 Å². The van der Waals surface area contributed by atoms with E-state index in [2.05, 4.69) is 5.32 Å². The third-order valence-electron chi connectivity index (χ3n) is 4.34. The van der Waals surface area contributed by atoms with E-state index in [1.807, 2.05) is 48.5 Å². The van der Waals surface area contributed by atoms with Gasteiger partial charge < -0.3 is 15.2 Å². The number of nitrogens with one attached hydrogen (secondary N) is 1. The van der Waals surface area contributed by atoms with Crippen LogP contribution in [0.25, 0.3) is 11.1 Å². The van der Waals surface area contributed by atoms with E-state index in [-0.39, 0.29) is 12.5 Å². The molecule has 0 aliphatic heterocycles. The summed E-state index contributed by atoms with van der Waals surface area (Å²) in [5.74, 6) is -1.58. The van der Waals surface area contributed by atoms with E-state index in [0.717, 1.165) is 29.2 Å². The SMILES string of the molecule is C[C@@H](F)[C@H](NC(=O)OCC1c2ccccc2-c2ccccc21)C(=O)O. The first-order valence-corrected chi connectivity index (χ1v) is 7.97. The minimum absolute atomic E-state index is 0.0485. The topological polar surface area (TPSA) is 75.6 Å². The quantitative estimate of drug-likeness (QED) is 0.873. The van der Waals surface area contributed by atoms with Gasteiger partial charge in [0.05, 0.1) is 0 Å². The molecule has 6 heteroatoms. The number of amides is 1. The lowest BCUT2D eigenvalue weighted by molar-refractivity contribution is -0.140. The van der Waals surface area contributed by atoms with Gasteiger partial charge in [-0.05, 0) is 29.2 Å². The largest absolute Gasteiger partial charge is 0.480 e. The monoisotopic (exact) mass is 343 g/mol. The molecule has 0 bridgehead atoms. The molecule has 2 aromatic carbocycles. The van der Waals surface area contributed by atoms with Crippen molar-refractivity contribution in [2.75, 3.05) is 6.61 Å². The Kier molecular flexibility index (Phi) is 4.70. The van der Waals surface area contributed by atoms with Crippen molar-refractivity contribution in [3.05, 3.63) is 59.7 Å². The number of hydrogen-bond acceptors (Lipinski definition) is 3. The summed E-state index contributed by atoms with van der Waals surface area (Å²) in [5.41, 5.74) is 4.27. The highest BCUT2D eigenvalue weighted by Gasteiger charge is 2.30. The van der Waals surface area contributed by atoms with E-state index in [1.165, 1.54) is 0 Å². The van der Waals surface area contributed by atoms with Gasteiger partial charge in [-0.15, -0.1) is 0 Å². The highest BCUT2D eigenvalue weighted by molar-refractivity contribution is 5.81. The van der Waals surface area contributed by atoms with Gasteiger partial charge in [-0.1, -0.05) is 48.5 Å². The molecule has 0 heterocycles. The lowest BCUT2D eigenvalue weighted by atomic mass is 9.98. The number of fused-ring (bicyclic) bond motifs is 3. The third-order valence-corrected chi connectivity index (χ3v) is 4.34. The molecule has 2 aromatic rings. The molecule has 2 N–H and O–H groups in total. The van der Waals surface area contributed by atoms with Crippen LogP contribution in [0, 0.1) is 0 Å². The number of aliphatic carboxylic acids is 1. The molecule has 130 valence electrons. The Morgan fingerprint density at radius 1 is 1.12 bits per heavy atom. The summed E-state index contributed by atoms with van der Waals surface area (Å²) >= 11 is 0. The fourth-order valence-electron chi connectivity index (χ4n) is 3.14. The van der Waals surface area contributed by atoms with Crippen LogP contribution < -0.4 is 5.32 Å². The summed E-state index contributed by atoms with van der Waals surface area (Å²) in [6.07, 6.45) is -2.67. The first kappa shape index (κ1) is 17.0. The number of alkyl halides is 1. The molecule has 0 saturated carbocycles. The molecule has 0 aromatic heterocycles. The van der Waals surface area contributed by atoms with Gasteiger partial charge in [0.2, 0.25) is 0 Å². The molecule has 25 heavy (non-hydrogen) atoms. The number of alkyl carbamates (subject to hydrolysis) is 1. The van der Waals surface area contributed by atoms with Crippen LogP contribution in [0.5, 0.6) is 0 Å². The molecule has 1 aliphatic rings. The van der Waals surface area contributed by atoms with Gasteiger partial charge in [-0.2, -0.15) is 0 Å². The van der Waals surface area contributed by atoms with Gasteiger partial charge in [0.15, 0.2) is 6.04 Å². The van der Waals surface area contributed by atoms with Crippen LogP contribution >= 0.6 is 0 Å². The number of hydrogen-bond donors (Lipinski definition) is 2. The van der Waals surface area contributed by atoms with Crippen LogP contribution in [0.4, 0.5) is 9.18 Å². The number of carboxylic acids is 1. The normalized spacial score (nSPS) is 15.0. The fourth-order valence-corrected chi connectivity index (χ4v) is 3.14. The molecule has 0 saturated heterocycles. The van der Waals surface area contributed by atoms with Crippen molar-refractivity contribution in [3.8, 4) is 11.1 Å². The molecule has 0 fully saturated rings. The number of halogens is 1. The second-order valence-corrected chi connectivity index (χ2v) is 5.96. The lowest BCUT2D eigenvalue weighted by Crippen LogP contribution is -2.46. The van der Waals surface area contributed by atoms with Crippen LogP contribution in [-0.4, -0.2) is 36.0 Å². The van der Waals surface area contributed by atoms with Crippen molar-refractivity contribution < 1.29 is 23.8 Å². The molecule has 0 unspecified atom stereocenters. The van der Waals surface area contributed by atoms with Crippen molar-refractivity contribution in [1.82, 2.24) is 5.32 Å². The van der Waals surface area contributed by atoms with E-state index in [9.17, 15) is 14.0 Å². The summed E-state index contributed by atoms with van der Waals surface area (Å²) in [7, 11) is 0. The molecule has 1 aliphatic carbocycles. The van der Waals surface area contributed by atoms with Gasteiger partial charge >= 0.3 is 12.1 Å². The molecular formula is C19H18FNO4. The summed E-state index contributed by atoms with van der Waals surface area (Å²) in [6.45, 7) is 1.12. The van der Waals surface area contributed by atoms with E-state index < -0.39 is 24.3 Å².